The Morgan fingerprint density at radius 2 is 2.56 bits per heavy atom. The molecule has 1 atom stereocenters. The van der Waals surface area contributed by atoms with Gasteiger partial charge in [0.2, 0.25) is 0 Å². The lowest BCUT2D eigenvalue weighted by molar-refractivity contribution is 0.220. The first-order valence-electron chi connectivity index (χ1n) is 3.22. The molecule has 9 heavy (non-hydrogen) atoms. The molecule has 0 aliphatic carbocycles. The number of nitrogens with zero attached hydrogens (tertiary/aromatic N) is 1. The van der Waals surface area contributed by atoms with Gasteiger partial charge < -0.3 is 4.84 Å². The van der Waals surface area contributed by atoms with E-state index in [1.54, 1.807) is 0 Å². The second kappa shape index (κ2) is 2.67. The zero-order chi connectivity index (χ0) is 6.69. The predicted molar refractivity (Wildman–Crippen MR) is 37.1 cm³/mol. The van der Waals surface area contributed by atoms with Crippen LogP contribution in [0.2, 0.25) is 0 Å². The third-order valence-corrected chi connectivity index (χ3v) is 1.37. The van der Waals surface area contributed by atoms with E-state index in [4.69, 9.17) is 4.84 Å². The van der Waals surface area contributed by atoms with Gasteiger partial charge in [-0.3, -0.25) is 0 Å². The van der Waals surface area contributed by atoms with Crippen molar-refractivity contribution < 1.29 is 4.84 Å². The molecule has 0 fully saturated rings. The summed E-state index contributed by atoms with van der Waals surface area (Å²) in [7, 11) is 0. The summed E-state index contributed by atoms with van der Waals surface area (Å²) in [5, 5.41) is 3.72. The van der Waals surface area contributed by atoms with E-state index in [0.717, 1.165) is 12.2 Å². The maximum absolute atomic E-state index is 4.84. The first-order chi connectivity index (χ1) is 4.33. The molecule has 0 aromatic carbocycles. The summed E-state index contributed by atoms with van der Waals surface area (Å²) in [5.41, 5.74) is 0. The average Bonchev–Trinajstić information content (AvgIpc) is 1.88. The molecule has 0 N–H and O–H groups in total. The first kappa shape index (κ1) is 6.33. The fraction of sp³-hybridized carbons (Fsp3) is 0.571. The lowest BCUT2D eigenvalue weighted by Crippen LogP contribution is -2.02. The first-order valence-corrected chi connectivity index (χ1v) is 3.22. The van der Waals surface area contributed by atoms with E-state index in [1.165, 1.54) is 0 Å². The molecule has 0 saturated carbocycles. The number of allylic oxidation sites excluding steroid dienone is 2. The van der Waals surface area contributed by atoms with Crippen LogP contribution in [0.4, 0.5) is 0 Å². The summed E-state index contributed by atoms with van der Waals surface area (Å²) in [6.07, 6.45) is 5.00. The zero-order valence-electron chi connectivity index (χ0n) is 5.79. The fourth-order valence-electron chi connectivity index (χ4n) is 0.790. The lowest BCUT2D eigenvalue weighted by atomic mass is 10.1. The van der Waals surface area contributed by atoms with E-state index >= 15 is 0 Å². The smallest absolute Gasteiger partial charge is 0.128 e. The van der Waals surface area contributed by atoms with Crippen LogP contribution >= 0.6 is 0 Å². The minimum absolute atomic E-state index is 0.485. The largest absolute Gasteiger partial charge is 0.362 e. The summed E-state index contributed by atoms with van der Waals surface area (Å²) >= 11 is 0. The van der Waals surface area contributed by atoms with Crippen LogP contribution in [0.25, 0.3) is 0 Å². The number of rotatable bonds is 1. The van der Waals surface area contributed by atoms with Crippen LogP contribution in [-0.4, -0.2) is 6.21 Å². The van der Waals surface area contributed by atoms with Gasteiger partial charge in [-0.25, -0.2) is 0 Å². The van der Waals surface area contributed by atoms with Crippen molar-refractivity contribution in [3.63, 3.8) is 0 Å². The lowest BCUT2D eigenvalue weighted by Gasteiger charge is -2.09. The number of hydrogen-bond donors (Lipinski definition) is 0. The zero-order valence-corrected chi connectivity index (χ0v) is 5.79. The van der Waals surface area contributed by atoms with Gasteiger partial charge in [0.1, 0.15) is 5.76 Å². The van der Waals surface area contributed by atoms with Gasteiger partial charge in [-0.05, 0) is 19.4 Å². The van der Waals surface area contributed by atoms with Crippen LogP contribution in [-0.2, 0) is 4.84 Å². The Balaban J connectivity index is 2.55. The minimum Gasteiger partial charge on any atom is -0.362 e. The Hall–Kier alpha value is -0.790. The molecule has 1 unspecified atom stereocenters. The molecule has 0 aromatic heterocycles. The summed E-state index contributed by atoms with van der Waals surface area (Å²) in [5.74, 6) is 1.39. The number of hydrogen-bond acceptors (Lipinski definition) is 2. The van der Waals surface area contributed by atoms with Crippen molar-refractivity contribution in [1.29, 1.82) is 0 Å². The predicted octanol–water partition coefficient (Wildman–Crippen LogP) is 1.93. The Labute approximate surface area is 55.2 Å². The van der Waals surface area contributed by atoms with Crippen molar-refractivity contribution in [1.82, 2.24) is 0 Å². The van der Waals surface area contributed by atoms with E-state index in [2.05, 4.69) is 18.2 Å². The molecule has 50 valence electrons. The molecule has 2 heteroatoms. The topological polar surface area (TPSA) is 21.6 Å². The Morgan fingerprint density at radius 3 is 3.00 bits per heavy atom. The van der Waals surface area contributed by atoms with Gasteiger partial charge >= 0.3 is 0 Å². The van der Waals surface area contributed by atoms with Crippen molar-refractivity contribution in [2.75, 3.05) is 0 Å². The molecule has 1 rings (SSSR count). The van der Waals surface area contributed by atoms with E-state index in [1.807, 2.05) is 13.1 Å². The van der Waals surface area contributed by atoms with Gasteiger partial charge in [0.15, 0.2) is 0 Å². The summed E-state index contributed by atoms with van der Waals surface area (Å²) in [6, 6.07) is 0. The molecule has 1 heterocycles. The highest BCUT2D eigenvalue weighted by Crippen LogP contribution is 2.11. The van der Waals surface area contributed by atoms with Gasteiger partial charge in [-0.1, -0.05) is 12.1 Å². The second-order valence-corrected chi connectivity index (χ2v) is 2.20. The summed E-state index contributed by atoms with van der Waals surface area (Å²) in [4.78, 5) is 4.84. The van der Waals surface area contributed by atoms with Crippen LogP contribution in [0, 0.1) is 5.92 Å². The highest BCUT2D eigenvalue weighted by Gasteiger charge is 2.04. The molecule has 2 nitrogen and oxygen atoms in total. The van der Waals surface area contributed by atoms with Crippen molar-refractivity contribution in [2.24, 2.45) is 11.1 Å². The maximum Gasteiger partial charge on any atom is 0.128 e. The van der Waals surface area contributed by atoms with Crippen LogP contribution in [0.3, 0.4) is 0 Å². The molecule has 0 aromatic rings. The molecular formula is C7H11NO. The highest BCUT2D eigenvalue weighted by molar-refractivity contribution is 5.63. The molecular weight excluding hydrogens is 114 g/mol. The van der Waals surface area contributed by atoms with E-state index in [9.17, 15) is 0 Å². The van der Waals surface area contributed by atoms with Gasteiger partial charge in [0.05, 0.1) is 6.21 Å². The Bertz CT molecular complexity index is 149. The summed E-state index contributed by atoms with van der Waals surface area (Å²) < 4.78 is 0. The van der Waals surface area contributed by atoms with Gasteiger partial charge in [-0.15, -0.1) is 0 Å². The third kappa shape index (κ3) is 1.56. The monoisotopic (exact) mass is 125 g/mol. The Morgan fingerprint density at radius 1 is 1.78 bits per heavy atom. The van der Waals surface area contributed by atoms with Crippen molar-refractivity contribution in [2.45, 2.75) is 20.3 Å². The maximum atomic E-state index is 4.84. The average molecular weight is 125 g/mol. The van der Waals surface area contributed by atoms with Gasteiger partial charge in [0.25, 0.3) is 0 Å². The molecule has 1 aliphatic heterocycles. The third-order valence-electron chi connectivity index (χ3n) is 1.37. The van der Waals surface area contributed by atoms with Crippen LogP contribution in [0.15, 0.2) is 17.0 Å². The van der Waals surface area contributed by atoms with E-state index in [0.29, 0.717) is 5.92 Å². The van der Waals surface area contributed by atoms with Crippen LogP contribution in [0.1, 0.15) is 20.3 Å². The van der Waals surface area contributed by atoms with Crippen molar-refractivity contribution >= 4 is 6.21 Å². The second-order valence-electron chi connectivity index (χ2n) is 2.20. The SMILES string of the molecule is CCC1C=NOC(C)=C1. The van der Waals surface area contributed by atoms with E-state index in [-0.39, 0.29) is 0 Å². The number of oxime groups is 1. The molecule has 1 aliphatic rings. The van der Waals surface area contributed by atoms with Gasteiger partial charge in [0, 0.05) is 5.92 Å². The molecule has 0 spiro atoms. The molecule has 0 saturated heterocycles. The molecule has 0 radical (unpaired) electrons. The van der Waals surface area contributed by atoms with Crippen molar-refractivity contribution in [3.05, 3.63) is 11.8 Å². The summed E-state index contributed by atoms with van der Waals surface area (Å²) in [6.45, 7) is 4.05. The Kier molecular flexibility index (Phi) is 1.88. The quantitative estimate of drug-likeness (QED) is 0.524. The fourth-order valence-corrected chi connectivity index (χ4v) is 0.790. The van der Waals surface area contributed by atoms with E-state index < -0.39 is 0 Å². The van der Waals surface area contributed by atoms with Crippen LogP contribution in [0.5, 0.6) is 0 Å². The minimum atomic E-state index is 0.485. The molecule has 0 amide bonds. The van der Waals surface area contributed by atoms with Crippen molar-refractivity contribution in [3.8, 4) is 0 Å². The highest BCUT2D eigenvalue weighted by atomic mass is 16.6. The normalized spacial score (nSPS) is 25.1. The van der Waals surface area contributed by atoms with Crippen LogP contribution < -0.4 is 0 Å². The van der Waals surface area contributed by atoms with Gasteiger partial charge in [-0.2, -0.15) is 0 Å². The standard InChI is InChI=1S/C7H11NO/c1-3-7-4-6(2)9-8-5-7/h4-5,7H,3H2,1-2H3. The molecule has 0 bridgehead atoms.